The van der Waals surface area contributed by atoms with Gasteiger partial charge in [-0.25, -0.2) is 14.0 Å². The monoisotopic (exact) mass is 508 g/mol. The van der Waals surface area contributed by atoms with Gasteiger partial charge in [0.25, 0.3) is 0 Å². The van der Waals surface area contributed by atoms with E-state index >= 15 is 0 Å². The topological polar surface area (TPSA) is 106 Å². The lowest BCUT2D eigenvalue weighted by molar-refractivity contribution is -0.274. The molecule has 1 heterocycles. The van der Waals surface area contributed by atoms with Crippen LogP contribution in [0.15, 0.2) is 59.4 Å². The molecule has 4 aromatic rings. The van der Waals surface area contributed by atoms with Crippen molar-refractivity contribution in [1.82, 2.24) is 9.97 Å². The van der Waals surface area contributed by atoms with Crippen LogP contribution in [0, 0.1) is 5.82 Å². The summed E-state index contributed by atoms with van der Waals surface area (Å²) in [7, 11) is 0. The average Bonchev–Trinajstić information content (AvgIpc) is 3.16. The summed E-state index contributed by atoms with van der Waals surface area (Å²) in [6, 6.07) is 10.8. The quantitative estimate of drug-likeness (QED) is 0.264. The third-order valence-electron chi connectivity index (χ3n) is 6.01. The predicted octanol–water partition coefficient (Wildman–Crippen LogP) is 5.57. The number of aromatic amines is 2. The van der Waals surface area contributed by atoms with Gasteiger partial charge in [0.2, 0.25) is 0 Å². The molecule has 2 unspecified atom stereocenters. The van der Waals surface area contributed by atoms with E-state index in [9.17, 15) is 32.3 Å². The second-order valence-electron chi connectivity index (χ2n) is 8.06. The number of carbonyl (C=O) groups is 1. The Morgan fingerprint density at radius 1 is 0.971 bits per heavy atom. The highest BCUT2D eigenvalue weighted by molar-refractivity contribution is 6.31. The highest BCUT2D eigenvalue weighted by Gasteiger charge is 2.59. The summed E-state index contributed by atoms with van der Waals surface area (Å²) >= 11 is 6.32. The lowest BCUT2D eigenvalue weighted by Gasteiger charge is -2.37. The van der Waals surface area contributed by atoms with Gasteiger partial charge in [-0.2, -0.15) is 13.2 Å². The number of nitrogens with one attached hydrogen (secondary N) is 2. The fraction of sp³-hybridized carbons (Fsp3) is 0.167. The number of benzene rings is 3. The second kappa shape index (κ2) is 8.54. The van der Waals surface area contributed by atoms with E-state index in [0.29, 0.717) is 5.56 Å². The number of aromatic nitrogens is 2. The zero-order chi connectivity index (χ0) is 25.7. The van der Waals surface area contributed by atoms with Crippen molar-refractivity contribution >= 4 is 28.6 Å². The molecule has 0 spiro atoms. The molecule has 0 amide bonds. The van der Waals surface area contributed by atoms with E-state index in [-0.39, 0.29) is 27.2 Å². The molecule has 11 heteroatoms. The molecule has 2 atom stereocenters. The molecule has 0 saturated carbocycles. The fourth-order valence-electron chi connectivity index (χ4n) is 4.08. The molecule has 4 rings (SSSR count). The van der Waals surface area contributed by atoms with Crippen molar-refractivity contribution in [3.63, 3.8) is 0 Å². The van der Waals surface area contributed by atoms with Crippen molar-refractivity contribution in [2.45, 2.75) is 24.6 Å². The van der Waals surface area contributed by atoms with E-state index < -0.39 is 46.3 Å². The van der Waals surface area contributed by atoms with Gasteiger partial charge < -0.3 is 20.2 Å². The van der Waals surface area contributed by atoms with Gasteiger partial charge in [0.1, 0.15) is 5.82 Å². The van der Waals surface area contributed by atoms with Crippen LogP contribution in [-0.2, 0) is 5.60 Å². The number of rotatable bonds is 5. The van der Waals surface area contributed by atoms with Crippen molar-refractivity contribution in [2.75, 3.05) is 0 Å². The zero-order valence-corrected chi connectivity index (χ0v) is 18.6. The number of fused-ring (bicyclic) bond motifs is 1. The number of carboxylic acids is 1. The maximum atomic E-state index is 14.3. The van der Waals surface area contributed by atoms with Gasteiger partial charge in [0, 0.05) is 10.9 Å². The minimum atomic E-state index is -5.12. The Labute approximate surface area is 199 Å². The number of aromatic carboxylic acids is 1. The van der Waals surface area contributed by atoms with Crippen molar-refractivity contribution in [2.24, 2.45) is 0 Å². The number of carboxylic acid groups (broad SMARTS) is 1. The van der Waals surface area contributed by atoms with E-state index in [0.717, 1.165) is 24.3 Å². The van der Waals surface area contributed by atoms with Crippen molar-refractivity contribution in [3.05, 3.63) is 92.6 Å². The highest BCUT2D eigenvalue weighted by atomic mass is 35.5. The van der Waals surface area contributed by atoms with E-state index in [4.69, 9.17) is 16.7 Å². The van der Waals surface area contributed by atoms with Crippen LogP contribution >= 0.6 is 11.6 Å². The smallest absolute Gasteiger partial charge is 0.422 e. The van der Waals surface area contributed by atoms with Crippen LogP contribution in [0.3, 0.4) is 0 Å². The summed E-state index contributed by atoms with van der Waals surface area (Å²) in [5.74, 6) is -4.00. The second-order valence-corrected chi connectivity index (χ2v) is 8.47. The average molecular weight is 509 g/mol. The summed E-state index contributed by atoms with van der Waals surface area (Å²) in [4.78, 5) is 27.3. The first-order valence-electron chi connectivity index (χ1n) is 10.2. The Bertz CT molecular complexity index is 1510. The molecular formula is C24H17ClF4N2O4. The molecule has 3 aromatic carbocycles. The SMILES string of the molecule is CC(c1ccc(-c2ccc(C(=O)O)c(F)c2)cc1Cl)C(O)(c1ccc2[nH]c(=O)[nH]c2c1)C(F)(F)F. The van der Waals surface area contributed by atoms with Gasteiger partial charge in [-0.15, -0.1) is 0 Å². The third-order valence-corrected chi connectivity index (χ3v) is 6.34. The van der Waals surface area contributed by atoms with Crippen LogP contribution in [0.5, 0.6) is 0 Å². The van der Waals surface area contributed by atoms with Crippen molar-refractivity contribution in [3.8, 4) is 11.1 Å². The number of alkyl halides is 3. The number of H-pyrrole nitrogens is 2. The predicted molar refractivity (Wildman–Crippen MR) is 121 cm³/mol. The first-order valence-corrected chi connectivity index (χ1v) is 10.5. The molecule has 0 fully saturated rings. The maximum absolute atomic E-state index is 14.3. The number of hydrogen-bond acceptors (Lipinski definition) is 3. The standard InChI is InChI=1S/C24H17ClF4N2O4/c1-11(23(35,24(27,28)29)14-4-7-19-20(10-14)31-22(34)30-19)15-5-2-12(8-17(15)25)13-3-6-16(21(32)33)18(26)9-13/h2-11,35H,1H3,(H,32,33)(H2,30,31,34). The third kappa shape index (κ3) is 4.19. The zero-order valence-electron chi connectivity index (χ0n) is 17.9. The normalized spacial score (nSPS) is 14.6. The van der Waals surface area contributed by atoms with E-state index in [1.807, 2.05) is 0 Å². The van der Waals surface area contributed by atoms with Crippen LogP contribution in [0.1, 0.15) is 34.3 Å². The van der Waals surface area contributed by atoms with E-state index in [1.54, 1.807) is 0 Å². The van der Waals surface area contributed by atoms with Crippen LogP contribution in [-0.4, -0.2) is 32.3 Å². The molecule has 0 saturated heterocycles. The van der Waals surface area contributed by atoms with E-state index in [1.165, 1.54) is 37.3 Å². The molecule has 0 aliphatic heterocycles. The van der Waals surface area contributed by atoms with Gasteiger partial charge >= 0.3 is 17.8 Å². The summed E-state index contributed by atoms with van der Waals surface area (Å²) < 4.78 is 57.0. The van der Waals surface area contributed by atoms with Gasteiger partial charge in [-0.3, -0.25) is 0 Å². The van der Waals surface area contributed by atoms with Crippen LogP contribution in [0.2, 0.25) is 5.02 Å². The van der Waals surface area contributed by atoms with Crippen molar-refractivity contribution in [1.29, 1.82) is 0 Å². The molecule has 0 aliphatic carbocycles. The molecule has 182 valence electrons. The maximum Gasteiger partial charge on any atom is 0.422 e. The van der Waals surface area contributed by atoms with Crippen LogP contribution < -0.4 is 5.69 Å². The minimum Gasteiger partial charge on any atom is -0.478 e. The molecule has 4 N–H and O–H groups in total. The molecule has 35 heavy (non-hydrogen) atoms. The molecule has 6 nitrogen and oxygen atoms in total. The van der Waals surface area contributed by atoms with Crippen molar-refractivity contribution < 1.29 is 32.6 Å². The largest absolute Gasteiger partial charge is 0.478 e. The number of halogens is 5. The lowest BCUT2D eigenvalue weighted by Crippen LogP contribution is -2.46. The van der Waals surface area contributed by atoms with Gasteiger partial charge in [-0.05, 0) is 52.6 Å². The number of imidazole rings is 1. The first-order chi connectivity index (χ1) is 16.3. The first kappa shape index (κ1) is 24.5. The summed E-state index contributed by atoms with van der Waals surface area (Å²) in [6.07, 6.45) is -5.12. The Kier molecular flexibility index (Phi) is 5.98. The minimum absolute atomic E-state index is 0.0273. The Balaban J connectivity index is 1.77. The van der Waals surface area contributed by atoms with E-state index in [2.05, 4.69) is 9.97 Å². The van der Waals surface area contributed by atoms with Crippen LogP contribution in [0.25, 0.3) is 22.2 Å². The lowest BCUT2D eigenvalue weighted by atomic mass is 9.77. The van der Waals surface area contributed by atoms with Gasteiger partial charge in [-0.1, -0.05) is 42.8 Å². The van der Waals surface area contributed by atoms with Crippen LogP contribution in [0.4, 0.5) is 17.6 Å². The van der Waals surface area contributed by atoms with Gasteiger partial charge in [0.15, 0.2) is 5.60 Å². The summed E-state index contributed by atoms with van der Waals surface area (Å²) in [5.41, 5.74) is -4.05. The molecular weight excluding hydrogens is 492 g/mol. The number of aliphatic hydroxyl groups is 1. The van der Waals surface area contributed by atoms with Gasteiger partial charge in [0.05, 0.1) is 16.6 Å². The summed E-state index contributed by atoms with van der Waals surface area (Å²) in [6.45, 7) is 1.17. The number of hydrogen-bond donors (Lipinski definition) is 4. The summed E-state index contributed by atoms with van der Waals surface area (Å²) in [5, 5.41) is 19.9. The molecule has 0 bridgehead atoms. The highest BCUT2D eigenvalue weighted by Crippen LogP contribution is 2.50. The Morgan fingerprint density at radius 2 is 1.60 bits per heavy atom. The molecule has 0 aliphatic rings. The molecule has 0 radical (unpaired) electrons. The Hall–Kier alpha value is -3.63. The molecule has 1 aromatic heterocycles. The fourth-order valence-corrected chi connectivity index (χ4v) is 4.42. The Morgan fingerprint density at radius 3 is 2.20 bits per heavy atom.